The second kappa shape index (κ2) is 26.5. The molecule has 2 amide bonds. The maximum absolute atomic E-state index is 14.2. The van der Waals surface area contributed by atoms with E-state index in [0.29, 0.717) is 53.2 Å². The van der Waals surface area contributed by atoms with Crippen molar-refractivity contribution >= 4 is 66.8 Å². The van der Waals surface area contributed by atoms with Crippen LogP contribution in [-0.4, -0.2) is 120 Å². The molecule has 2 saturated heterocycles. The van der Waals surface area contributed by atoms with Crippen LogP contribution in [-0.2, 0) is 48.4 Å². The molecule has 6 aromatic rings. The van der Waals surface area contributed by atoms with Gasteiger partial charge in [0.05, 0.1) is 34.5 Å². The summed E-state index contributed by atoms with van der Waals surface area (Å²) in [5, 5.41) is 14.9. The summed E-state index contributed by atoms with van der Waals surface area (Å²) < 4.78 is 116. The fourth-order valence-corrected chi connectivity index (χ4v) is 14.1. The third-order valence-corrected chi connectivity index (χ3v) is 19.4. The molecule has 6 aromatic carbocycles. The maximum Gasteiger partial charge on any atom is 0.436 e. The van der Waals surface area contributed by atoms with E-state index in [1.165, 1.54) is 43.5 Å². The van der Waals surface area contributed by atoms with Gasteiger partial charge in [-0.1, -0.05) is 71.7 Å². The lowest BCUT2D eigenvalue weighted by atomic mass is 9.81. The first-order valence-electron chi connectivity index (χ1n) is 25.9. The van der Waals surface area contributed by atoms with Gasteiger partial charge in [0.1, 0.15) is 29.6 Å². The number of amides is 2. The Bertz CT molecular complexity index is 3450. The summed E-state index contributed by atoms with van der Waals surface area (Å²) in [7, 11) is -7.02. The largest absolute Gasteiger partial charge is 0.481 e. The number of sulfone groups is 2. The zero-order chi connectivity index (χ0) is 59.6. The Morgan fingerprint density at radius 2 is 1.17 bits per heavy atom. The fraction of sp³-hybridized carbons (Fsp3) is 0.310. The average Bonchev–Trinajstić information content (AvgIpc) is 3.92. The Morgan fingerprint density at radius 3 is 1.64 bits per heavy atom. The number of carbonyl (C=O) groups is 4. The average molecular weight is 1230 g/mol. The molecule has 9 rings (SSSR count). The van der Waals surface area contributed by atoms with E-state index >= 15 is 0 Å². The van der Waals surface area contributed by atoms with Gasteiger partial charge in [0.2, 0.25) is 0 Å². The number of ether oxygens (including phenoxy) is 4. The number of fused-ring (bicyclic) bond motifs is 3. The highest BCUT2D eigenvalue weighted by Gasteiger charge is 2.54. The van der Waals surface area contributed by atoms with Gasteiger partial charge >= 0.3 is 24.2 Å². The van der Waals surface area contributed by atoms with Gasteiger partial charge in [-0.2, -0.15) is 13.2 Å². The van der Waals surface area contributed by atoms with E-state index < -0.39 is 84.9 Å². The molecule has 1 unspecified atom stereocenters. The normalized spacial score (nSPS) is 16.1. The van der Waals surface area contributed by atoms with Gasteiger partial charge in [-0.05, 0) is 158 Å². The molecule has 1 atom stereocenters. The van der Waals surface area contributed by atoms with Crippen LogP contribution in [0.25, 0.3) is 11.1 Å². The Kier molecular flexibility index (Phi) is 19.8. The Labute approximate surface area is 486 Å². The van der Waals surface area contributed by atoms with Crippen LogP contribution in [0.3, 0.4) is 0 Å². The van der Waals surface area contributed by atoms with Crippen LogP contribution in [0.5, 0.6) is 23.0 Å². The van der Waals surface area contributed by atoms with Gasteiger partial charge < -0.3 is 34.3 Å². The van der Waals surface area contributed by atoms with E-state index in [2.05, 4.69) is 5.32 Å². The minimum absolute atomic E-state index is 0.0561. The first-order chi connectivity index (χ1) is 39.5. The standard InChI is InChI=1S/C38H35ClF3N3O9S.C20H22ClNO5S/c39-24-9-11-25(12-10-24)53-26-13-15-27(16-14-26)55(50,51)37(18-21-45(22-19-37)20-17-33(46)47)34(48)44-54-35(38(40,41)42)43-36(49)52-23-32-30-7-3-1-5-28(30)29-6-2-4-8-31(29)32;1-26-19(23)20(10-12-22-13-11-20)14-28(24,25)18-8-6-17(7-9-18)27-16-4-2-15(21)3-5-16/h1-16,32,35H,17-23H2,(H,43,49)(H,44,48)(H,46,47);2-9,22H,10-14H2,1H3. The maximum atomic E-state index is 14.2. The molecule has 2 fully saturated rings. The van der Waals surface area contributed by atoms with Gasteiger partial charge in [-0.3, -0.25) is 19.7 Å². The van der Waals surface area contributed by atoms with Crippen LogP contribution in [0.2, 0.25) is 10.0 Å². The number of likely N-dealkylation sites (tertiary alicyclic amines) is 1. The van der Waals surface area contributed by atoms with Crippen molar-refractivity contribution in [2.24, 2.45) is 5.41 Å². The van der Waals surface area contributed by atoms with E-state index in [9.17, 15) is 49.2 Å². The number of piperidine rings is 2. The van der Waals surface area contributed by atoms with Gasteiger partial charge in [0.15, 0.2) is 24.4 Å². The molecule has 1 aliphatic carbocycles. The van der Waals surface area contributed by atoms with Gasteiger partial charge in [0.25, 0.3) is 12.1 Å². The number of alkyl halides is 3. The second-order valence-corrected chi connectivity index (χ2v) is 24.9. The van der Waals surface area contributed by atoms with E-state index in [-0.39, 0.29) is 54.0 Å². The summed E-state index contributed by atoms with van der Waals surface area (Å²) in [6.07, 6.45) is -10.1. The zero-order valence-corrected chi connectivity index (χ0v) is 47.5. The number of methoxy groups -OCH3 is 1. The summed E-state index contributed by atoms with van der Waals surface area (Å²) in [5.41, 5.74) is 4.12. The van der Waals surface area contributed by atoms with Crippen molar-refractivity contribution in [3.8, 4) is 34.1 Å². The highest BCUT2D eigenvalue weighted by atomic mass is 35.5. The lowest BCUT2D eigenvalue weighted by molar-refractivity contribution is -0.244. The number of rotatable bonds is 19. The van der Waals surface area contributed by atoms with Crippen molar-refractivity contribution in [2.45, 2.75) is 65.0 Å². The molecule has 2 aliphatic heterocycles. The van der Waals surface area contributed by atoms with E-state index in [0.717, 1.165) is 22.3 Å². The molecule has 440 valence electrons. The SMILES string of the molecule is COC(=O)C1(CS(=O)(=O)c2ccc(Oc3ccc(Cl)cc3)cc2)CCNCC1.O=C(O)CCN1CCC(C(=O)NOC(NC(=O)OCC2c3ccccc3-c3ccccc32)C(F)(F)F)(S(=O)(=O)c2ccc(Oc3ccc(Cl)cc3)cc2)CC1. The first kappa shape index (κ1) is 61.8. The third kappa shape index (κ3) is 14.9. The number of hydrogen-bond acceptors (Lipinski definition) is 15. The number of carboxylic acids is 1. The Morgan fingerprint density at radius 1 is 0.699 bits per heavy atom. The number of benzene rings is 6. The van der Waals surface area contributed by atoms with Crippen LogP contribution >= 0.6 is 23.2 Å². The number of carbonyl (C=O) groups excluding carboxylic acids is 3. The Hall–Kier alpha value is -7.25. The molecule has 83 heavy (non-hydrogen) atoms. The zero-order valence-electron chi connectivity index (χ0n) is 44.4. The number of aliphatic carboxylic acids is 1. The highest BCUT2D eigenvalue weighted by molar-refractivity contribution is 7.93. The lowest BCUT2D eigenvalue weighted by Gasteiger charge is -2.39. The molecule has 0 radical (unpaired) electrons. The van der Waals surface area contributed by atoms with E-state index in [1.807, 2.05) is 36.4 Å². The van der Waals surface area contributed by atoms with Crippen molar-refractivity contribution in [3.05, 3.63) is 167 Å². The van der Waals surface area contributed by atoms with Crippen LogP contribution in [0, 0.1) is 5.41 Å². The van der Waals surface area contributed by atoms with Crippen molar-refractivity contribution in [1.29, 1.82) is 0 Å². The summed E-state index contributed by atoms with van der Waals surface area (Å²) in [6, 6.07) is 39.3. The summed E-state index contributed by atoms with van der Waals surface area (Å²) in [5.74, 6) is -1.93. The van der Waals surface area contributed by atoms with Crippen LogP contribution in [0.4, 0.5) is 18.0 Å². The third-order valence-electron chi connectivity index (χ3n) is 14.5. The molecular formula is C58H57Cl2F3N4O14S2. The lowest BCUT2D eigenvalue weighted by Crippen LogP contribution is -2.60. The van der Waals surface area contributed by atoms with Gasteiger partial charge in [0, 0.05) is 35.6 Å². The summed E-state index contributed by atoms with van der Waals surface area (Å²) in [4.78, 5) is 56.2. The molecule has 2 heterocycles. The van der Waals surface area contributed by atoms with Crippen molar-refractivity contribution in [1.82, 2.24) is 21.0 Å². The molecule has 25 heteroatoms. The molecule has 18 nitrogen and oxygen atoms in total. The molecular weight excluding hydrogens is 1170 g/mol. The second-order valence-electron chi connectivity index (χ2n) is 19.8. The van der Waals surface area contributed by atoms with E-state index in [1.54, 1.807) is 88.5 Å². The quantitative estimate of drug-likeness (QED) is 0.0335. The molecule has 0 aromatic heterocycles. The summed E-state index contributed by atoms with van der Waals surface area (Å²) in [6.45, 7) is 0.772. The first-order valence-corrected chi connectivity index (χ1v) is 29.8. The van der Waals surface area contributed by atoms with E-state index in [4.69, 9.17) is 52.1 Å². The monoisotopic (exact) mass is 1220 g/mol. The molecule has 0 spiro atoms. The highest BCUT2D eigenvalue weighted by Crippen LogP contribution is 2.45. The van der Waals surface area contributed by atoms with Crippen LogP contribution in [0.1, 0.15) is 49.1 Å². The number of hydrogen-bond donors (Lipinski definition) is 4. The Balaban J connectivity index is 0.000000269. The van der Waals surface area contributed by atoms with Crippen molar-refractivity contribution in [2.75, 3.05) is 52.2 Å². The number of esters is 1. The van der Waals surface area contributed by atoms with Crippen molar-refractivity contribution < 1.29 is 78.1 Å². The van der Waals surface area contributed by atoms with Crippen molar-refractivity contribution in [3.63, 3.8) is 0 Å². The van der Waals surface area contributed by atoms with Crippen LogP contribution in [0.15, 0.2) is 155 Å². The van der Waals surface area contributed by atoms with Gasteiger partial charge in [-0.15, -0.1) is 0 Å². The minimum Gasteiger partial charge on any atom is -0.481 e. The number of hydroxylamine groups is 1. The number of nitrogens with one attached hydrogen (secondary N) is 3. The molecule has 4 N–H and O–H groups in total. The predicted molar refractivity (Wildman–Crippen MR) is 300 cm³/mol. The molecule has 0 saturated carbocycles. The summed E-state index contributed by atoms with van der Waals surface area (Å²) >= 11 is 11.8. The molecule has 3 aliphatic rings. The fourth-order valence-electron chi connectivity index (χ4n) is 10.0. The number of alkyl carbamates (subject to hydrolysis) is 1. The molecule has 0 bridgehead atoms. The smallest absolute Gasteiger partial charge is 0.436 e. The number of carboxylic acid groups (broad SMARTS) is 1. The number of halogens is 5. The minimum atomic E-state index is -5.27. The topological polar surface area (TPSA) is 242 Å². The van der Waals surface area contributed by atoms with Gasteiger partial charge in [-0.25, -0.2) is 31.9 Å². The number of nitrogens with zero attached hydrogens (tertiary/aromatic N) is 1. The van der Waals surface area contributed by atoms with Crippen LogP contribution < -0.4 is 25.6 Å². The predicted octanol–water partition coefficient (Wildman–Crippen LogP) is 10.1.